The molecule has 150 valence electrons. The predicted octanol–water partition coefficient (Wildman–Crippen LogP) is 3.77. The number of aromatic nitrogens is 2. The number of anilines is 1. The van der Waals surface area contributed by atoms with E-state index in [-0.39, 0.29) is 17.5 Å². The molecular weight excluding hydrogens is 402 g/mol. The summed E-state index contributed by atoms with van der Waals surface area (Å²) >= 11 is 1.09. The second-order valence-corrected chi connectivity index (χ2v) is 7.60. The molecule has 4 rings (SSSR count). The molecule has 4 aromatic rings. The molecule has 0 bridgehead atoms. The maximum Gasteiger partial charge on any atom is 0.337 e. The summed E-state index contributed by atoms with van der Waals surface area (Å²) in [6, 6.07) is 16.3. The molecule has 0 unspecified atom stereocenters. The molecule has 1 amide bonds. The average molecular weight is 419 g/mol. The molecule has 0 atom stereocenters. The van der Waals surface area contributed by atoms with Crippen LogP contribution in [0, 0.1) is 6.92 Å². The van der Waals surface area contributed by atoms with Gasteiger partial charge in [-0.15, -0.1) is 11.3 Å². The maximum atomic E-state index is 13.3. The van der Waals surface area contributed by atoms with Crippen LogP contribution in [0.4, 0.5) is 5.69 Å². The number of thiophene rings is 1. The summed E-state index contributed by atoms with van der Waals surface area (Å²) in [5.41, 5.74) is 1.58. The lowest BCUT2D eigenvalue weighted by molar-refractivity contribution is -0.116. The van der Waals surface area contributed by atoms with Gasteiger partial charge in [0.2, 0.25) is 5.91 Å². The largest absolute Gasteiger partial charge is 0.478 e. The molecule has 7 nitrogen and oxygen atoms in total. The van der Waals surface area contributed by atoms with Gasteiger partial charge in [-0.25, -0.2) is 9.78 Å². The zero-order valence-electron chi connectivity index (χ0n) is 16.0. The Hall–Kier alpha value is -3.78. The Balaban J connectivity index is 1.86. The highest BCUT2D eigenvalue weighted by molar-refractivity contribution is 7.17. The fraction of sp³-hybridized carbons (Fsp3) is 0.0909. The van der Waals surface area contributed by atoms with Crippen molar-refractivity contribution in [1.82, 2.24) is 9.55 Å². The number of hydrogen-bond donors (Lipinski definition) is 2. The third kappa shape index (κ3) is 3.72. The van der Waals surface area contributed by atoms with E-state index in [4.69, 9.17) is 0 Å². The van der Waals surface area contributed by atoms with Crippen LogP contribution in [0.1, 0.15) is 15.9 Å². The molecule has 2 aromatic carbocycles. The lowest BCUT2D eigenvalue weighted by Gasteiger charge is -2.13. The molecule has 0 fully saturated rings. The van der Waals surface area contributed by atoms with Crippen LogP contribution in [0.25, 0.3) is 21.6 Å². The van der Waals surface area contributed by atoms with E-state index in [9.17, 15) is 19.5 Å². The van der Waals surface area contributed by atoms with Crippen molar-refractivity contribution >= 4 is 39.1 Å². The van der Waals surface area contributed by atoms with Gasteiger partial charge in [-0.2, -0.15) is 0 Å². The standard InChI is InChI=1S/C22H17N3O4S/c1-13-6-5-7-14(10-13)19-24-20-18(16(12-30-20)22(28)29)21(27)25(19)11-17(26)23-15-8-3-2-4-9-15/h2-10,12H,11H2,1H3,(H,23,26)(H,28,29). The van der Waals surface area contributed by atoms with Gasteiger partial charge < -0.3 is 10.4 Å². The Morgan fingerprint density at radius 1 is 1.13 bits per heavy atom. The molecule has 0 saturated heterocycles. The smallest absolute Gasteiger partial charge is 0.337 e. The number of nitrogens with zero attached hydrogens (tertiary/aromatic N) is 2. The first-order valence-corrected chi connectivity index (χ1v) is 9.99. The zero-order chi connectivity index (χ0) is 21.3. The summed E-state index contributed by atoms with van der Waals surface area (Å²) in [4.78, 5) is 42.4. The fourth-order valence-electron chi connectivity index (χ4n) is 3.20. The monoisotopic (exact) mass is 419 g/mol. The van der Waals surface area contributed by atoms with Crippen LogP contribution in [0.2, 0.25) is 0 Å². The quantitative estimate of drug-likeness (QED) is 0.513. The number of carboxylic acid groups (broad SMARTS) is 1. The normalized spacial score (nSPS) is 10.8. The van der Waals surface area contributed by atoms with E-state index < -0.39 is 17.4 Å². The highest BCUT2D eigenvalue weighted by atomic mass is 32.1. The van der Waals surface area contributed by atoms with Crippen molar-refractivity contribution in [2.45, 2.75) is 13.5 Å². The fourth-order valence-corrected chi connectivity index (χ4v) is 4.10. The minimum Gasteiger partial charge on any atom is -0.478 e. The van der Waals surface area contributed by atoms with Crippen molar-refractivity contribution in [1.29, 1.82) is 0 Å². The number of carbonyl (C=O) groups is 2. The van der Waals surface area contributed by atoms with E-state index in [1.54, 1.807) is 30.3 Å². The van der Waals surface area contributed by atoms with Gasteiger partial charge in [-0.1, -0.05) is 42.0 Å². The minimum absolute atomic E-state index is 0.0106. The SMILES string of the molecule is Cc1cccc(-c2nc3scc(C(=O)O)c3c(=O)n2CC(=O)Nc2ccccc2)c1. The molecule has 30 heavy (non-hydrogen) atoms. The van der Waals surface area contributed by atoms with E-state index in [1.807, 2.05) is 31.2 Å². The average Bonchev–Trinajstić information content (AvgIpc) is 3.15. The molecule has 8 heteroatoms. The van der Waals surface area contributed by atoms with Crippen molar-refractivity contribution in [2.75, 3.05) is 5.32 Å². The van der Waals surface area contributed by atoms with Gasteiger partial charge in [0.05, 0.1) is 10.9 Å². The van der Waals surface area contributed by atoms with Crippen molar-refractivity contribution in [3.8, 4) is 11.4 Å². The third-order valence-electron chi connectivity index (χ3n) is 4.56. The number of amides is 1. The molecule has 0 radical (unpaired) electrons. The van der Waals surface area contributed by atoms with E-state index >= 15 is 0 Å². The number of hydrogen-bond acceptors (Lipinski definition) is 5. The molecule has 0 aliphatic carbocycles. The van der Waals surface area contributed by atoms with E-state index in [2.05, 4.69) is 10.3 Å². The number of para-hydroxylation sites is 1. The van der Waals surface area contributed by atoms with Crippen LogP contribution in [-0.2, 0) is 11.3 Å². The van der Waals surface area contributed by atoms with Gasteiger partial charge in [0.25, 0.3) is 5.56 Å². The number of aromatic carboxylic acids is 1. The first kappa shape index (κ1) is 19.5. The first-order valence-electron chi connectivity index (χ1n) is 9.11. The molecule has 2 heterocycles. The van der Waals surface area contributed by atoms with Gasteiger partial charge in [0.1, 0.15) is 17.2 Å². The molecular formula is C22H17N3O4S. The van der Waals surface area contributed by atoms with Crippen molar-refractivity contribution in [2.24, 2.45) is 0 Å². The topological polar surface area (TPSA) is 101 Å². The molecule has 2 N–H and O–H groups in total. The lowest BCUT2D eigenvalue weighted by atomic mass is 10.1. The van der Waals surface area contributed by atoms with E-state index in [0.717, 1.165) is 16.9 Å². The zero-order valence-corrected chi connectivity index (χ0v) is 16.8. The van der Waals surface area contributed by atoms with E-state index in [1.165, 1.54) is 9.95 Å². The Bertz CT molecular complexity index is 1330. The minimum atomic E-state index is -1.20. The van der Waals surface area contributed by atoms with Crippen molar-refractivity contribution in [3.63, 3.8) is 0 Å². The maximum absolute atomic E-state index is 13.3. The molecule has 0 spiro atoms. The Kier molecular flexibility index (Phi) is 5.16. The number of nitrogens with one attached hydrogen (secondary N) is 1. The van der Waals surface area contributed by atoms with Crippen LogP contribution in [0.15, 0.2) is 64.8 Å². The van der Waals surface area contributed by atoms with Crippen LogP contribution in [0.3, 0.4) is 0 Å². The number of rotatable bonds is 5. The summed E-state index contributed by atoms with van der Waals surface area (Å²) in [5.74, 6) is -1.30. The number of carbonyl (C=O) groups excluding carboxylic acids is 1. The van der Waals surface area contributed by atoms with Crippen molar-refractivity contribution in [3.05, 3.63) is 81.5 Å². The molecule has 0 aliphatic rings. The predicted molar refractivity (Wildman–Crippen MR) is 116 cm³/mol. The van der Waals surface area contributed by atoms with Crippen molar-refractivity contribution < 1.29 is 14.7 Å². The van der Waals surface area contributed by atoms with Crippen LogP contribution in [0.5, 0.6) is 0 Å². The summed E-state index contributed by atoms with van der Waals surface area (Å²) < 4.78 is 1.23. The first-order chi connectivity index (χ1) is 14.4. The highest BCUT2D eigenvalue weighted by Gasteiger charge is 2.21. The van der Waals surface area contributed by atoms with Gasteiger partial charge in [-0.05, 0) is 25.1 Å². The van der Waals surface area contributed by atoms with Gasteiger partial charge in [0.15, 0.2) is 0 Å². The number of fused-ring (bicyclic) bond motifs is 1. The van der Waals surface area contributed by atoms with Gasteiger partial charge in [-0.3, -0.25) is 14.2 Å². The highest BCUT2D eigenvalue weighted by Crippen LogP contribution is 2.26. The summed E-state index contributed by atoms with van der Waals surface area (Å²) in [7, 11) is 0. The summed E-state index contributed by atoms with van der Waals surface area (Å²) in [5, 5.41) is 13.6. The second-order valence-electron chi connectivity index (χ2n) is 6.75. The van der Waals surface area contributed by atoms with Gasteiger partial charge >= 0.3 is 5.97 Å². The Labute approximate surface area is 175 Å². The van der Waals surface area contributed by atoms with Crippen LogP contribution < -0.4 is 10.9 Å². The summed E-state index contributed by atoms with van der Waals surface area (Å²) in [6.45, 7) is 1.62. The lowest BCUT2D eigenvalue weighted by Crippen LogP contribution is -2.30. The third-order valence-corrected chi connectivity index (χ3v) is 5.43. The number of aryl methyl sites for hydroxylation is 1. The molecule has 0 aliphatic heterocycles. The van der Waals surface area contributed by atoms with Crippen LogP contribution >= 0.6 is 11.3 Å². The summed E-state index contributed by atoms with van der Waals surface area (Å²) in [6.07, 6.45) is 0. The van der Waals surface area contributed by atoms with Gasteiger partial charge in [0, 0.05) is 16.6 Å². The van der Waals surface area contributed by atoms with Crippen LogP contribution in [-0.4, -0.2) is 26.5 Å². The Morgan fingerprint density at radius 3 is 2.60 bits per heavy atom. The second kappa shape index (κ2) is 7.92. The van der Waals surface area contributed by atoms with E-state index in [0.29, 0.717) is 21.9 Å². The molecule has 2 aromatic heterocycles. The number of benzene rings is 2. The number of carboxylic acids is 1. The molecule has 0 saturated carbocycles. The Morgan fingerprint density at radius 2 is 1.90 bits per heavy atom.